The van der Waals surface area contributed by atoms with Gasteiger partial charge in [0.15, 0.2) is 5.16 Å². The van der Waals surface area contributed by atoms with Gasteiger partial charge in [-0.05, 0) is 24.0 Å². The summed E-state index contributed by atoms with van der Waals surface area (Å²) in [5, 5.41) is 3.24. The number of rotatable bonds is 3. The molecule has 3 heterocycles. The van der Waals surface area contributed by atoms with Gasteiger partial charge in [-0.1, -0.05) is 25.6 Å². The number of ether oxygens (including phenoxy) is 1. The van der Waals surface area contributed by atoms with Crippen LogP contribution in [0.5, 0.6) is 0 Å². The topological polar surface area (TPSA) is 35.0 Å². The summed E-state index contributed by atoms with van der Waals surface area (Å²) in [6.07, 6.45) is 5.42. The molecule has 1 aliphatic heterocycles. The van der Waals surface area contributed by atoms with Gasteiger partial charge >= 0.3 is 0 Å². The Morgan fingerprint density at radius 1 is 1.25 bits per heavy atom. The molecule has 2 aromatic heterocycles. The van der Waals surface area contributed by atoms with E-state index in [0.29, 0.717) is 12.0 Å². The van der Waals surface area contributed by atoms with Crippen LogP contribution < -0.4 is 0 Å². The fourth-order valence-corrected chi connectivity index (χ4v) is 4.76. The standard InChI is InChI=1S/C14H18N2OS3/c1-7(2)9-5-8-10(6-17-9)20-13-11(8)12(18-3)15-14(16-13)19-4/h7,9H,5-6H2,1-4H3. The van der Waals surface area contributed by atoms with E-state index in [1.165, 1.54) is 15.8 Å². The number of fused-ring (bicyclic) bond motifs is 3. The van der Waals surface area contributed by atoms with Gasteiger partial charge in [0.1, 0.15) is 9.86 Å². The second-order valence-electron chi connectivity index (χ2n) is 5.20. The van der Waals surface area contributed by atoms with Crippen LogP contribution in [0.25, 0.3) is 10.2 Å². The second-order valence-corrected chi connectivity index (χ2v) is 7.85. The monoisotopic (exact) mass is 326 g/mol. The minimum Gasteiger partial charge on any atom is -0.372 e. The minimum atomic E-state index is 0.315. The molecular formula is C14H18N2OS3. The predicted molar refractivity (Wildman–Crippen MR) is 88.1 cm³/mol. The molecule has 1 aliphatic rings. The van der Waals surface area contributed by atoms with E-state index in [9.17, 15) is 0 Å². The maximum atomic E-state index is 5.98. The minimum absolute atomic E-state index is 0.315. The third-order valence-electron chi connectivity index (χ3n) is 3.63. The summed E-state index contributed by atoms with van der Waals surface area (Å²) in [6.45, 7) is 5.17. The maximum absolute atomic E-state index is 5.98. The lowest BCUT2D eigenvalue weighted by Crippen LogP contribution is -2.26. The van der Waals surface area contributed by atoms with Crippen LogP contribution in [-0.2, 0) is 17.8 Å². The summed E-state index contributed by atoms with van der Waals surface area (Å²) in [6, 6.07) is 0. The third kappa shape index (κ3) is 2.47. The van der Waals surface area contributed by atoms with Crippen LogP contribution in [0, 0.1) is 5.92 Å². The fourth-order valence-electron chi connectivity index (χ4n) is 2.49. The Morgan fingerprint density at radius 2 is 2.05 bits per heavy atom. The van der Waals surface area contributed by atoms with Gasteiger partial charge in [-0.3, -0.25) is 0 Å². The maximum Gasteiger partial charge on any atom is 0.189 e. The molecule has 108 valence electrons. The van der Waals surface area contributed by atoms with Crippen LogP contribution in [0.1, 0.15) is 24.3 Å². The number of thioether (sulfide) groups is 2. The van der Waals surface area contributed by atoms with Crippen LogP contribution >= 0.6 is 34.9 Å². The molecule has 0 saturated heterocycles. The highest BCUT2D eigenvalue weighted by Crippen LogP contribution is 2.40. The van der Waals surface area contributed by atoms with Crippen LogP contribution in [0.3, 0.4) is 0 Å². The highest BCUT2D eigenvalue weighted by Gasteiger charge is 2.27. The summed E-state index contributed by atoms with van der Waals surface area (Å²) in [4.78, 5) is 11.8. The molecule has 1 atom stereocenters. The molecule has 3 rings (SSSR count). The van der Waals surface area contributed by atoms with Crippen LogP contribution in [0.2, 0.25) is 0 Å². The molecule has 0 N–H and O–H groups in total. The Labute approximate surface area is 131 Å². The smallest absolute Gasteiger partial charge is 0.189 e. The van der Waals surface area contributed by atoms with Crippen LogP contribution in [-0.4, -0.2) is 28.6 Å². The van der Waals surface area contributed by atoms with Gasteiger partial charge in [0, 0.05) is 16.7 Å². The number of nitrogens with zero attached hydrogens (tertiary/aromatic N) is 2. The van der Waals surface area contributed by atoms with E-state index in [0.717, 1.165) is 28.0 Å². The van der Waals surface area contributed by atoms with Gasteiger partial charge in [-0.25, -0.2) is 9.97 Å². The van der Waals surface area contributed by atoms with Gasteiger partial charge in [-0.2, -0.15) is 0 Å². The SMILES string of the molecule is CSc1nc(SC)c2c3c(sc2n1)COC(C(C)C)C3. The average Bonchev–Trinajstić information content (AvgIpc) is 2.83. The van der Waals surface area contributed by atoms with Crippen molar-refractivity contribution < 1.29 is 4.74 Å². The first-order chi connectivity index (χ1) is 9.63. The molecule has 20 heavy (non-hydrogen) atoms. The highest BCUT2D eigenvalue weighted by molar-refractivity contribution is 7.99. The highest BCUT2D eigenvalue weighted by atomic mass is 32.2. The van der Waals surface area contributed by atoms with Crippen LogP contribution in [0.15, 0.2) is 10.2 Å². The lowest BCUT2D eigenvalue weighted by molar-refractivity contribution is 0.00199. The van der Waals surface area contributed by atoms with E-state index in [2.05, 4.69) is 30.1 Å². The number of aromatic nitrogens is 2. The van der Waals surface area contributed by atoms with Crippen molar-refractivity contribution in [3.05, 3.63) is 10.4 Å². The van der Waals surface area contributed by atoms with Crippen molar-refractivity contribution in [2.45, 2.75) is 43.2 Å². The van der Waals surface area contributed by atoms with Gasteiger partial charge < -0.3 is 4.74 Å². The van der Waals surface area contributed by atoms with Crippen molar-refractivity contribution in [3.8, 4) is 0 Å². The molecule has 0 spiro atoms. The summed E-state index contributed by atoms with van der Waals surface area (Å²) in [5.74, 6) is 0.544. The molecule has 0 amide bonds. The van der Waals surface area contributed by atoms with Crippen molar-refractivity contribution in [3.63, 3.8) is 0 Å². The molecule has 0 saturated carbocycles. The molecule has 0 bridgehead atoms. The average molecular weight is 327 g/mol. The van der Waals surface area contributed by atoms with Crippen molar-refractivity contribution >= 4 is 45.1 Å². The van der Waals surface area contributed by atoms with Crippen molar-refractivity contribution in [1.82, 2.24) is 9.97 Å². The summed E-state index contributed by atoms with van der Waals surface area (Å²) >= 11 is 5.09. The first-order valence-electron chi connectivity index (χ1n) is 6.66. The molecule has 0 radical (unpaired) electrons. The first kappa shape index (κ1) is 14.6. The van der Waals surface area contributed by atoms with E-state index < -0.39 is 0 Å². The Hall–Kier alpha value is -0.300. The van der Waals surface area contributed by atoms with Gasteiger partial charge in [0.2, 0.25) is 0 Å². The van der Waals surface area contributed by atoms with Crippen LogP contribution in [0.4, 0.5) is 0 Å². The fraction of sp³-hybridized carbons (Fsp3) is 0.571. The Bertz CT molecular complexity index is 639. The zero-order valence-corrected chi connectivity index (χ0v) is 14.5. The summed E-state index contributed by atoms with van der Waals surface area (Å²) < 4.78 is 5.98. The van der Waals surface area contributed by atoms with Gasteiger partial charge in [0.25, 0.3) is 0 Å². The normalized spacial score (nSPS) is 18.8. The zero-order chi connectivity index (χ0) is 14.3. The lowest BCUT2D eigenvalue weighted by atomic mass is 9.96. The molecule has 0 aliphatic carbocycles. The number of hydrogen-bond donors (Lipinski definition) is 0. The number of thiophene rings is 1. The van der Waals surface area contributed by atoms with Gasteiger partial charge in [-0.15, -0.1) is 23.1 Å². The summed E-state index contributed by atoms with van der Waals surface area (Å²) in [7, 11) is 0. The second kappa shape index (κ2) is 5.83. The van der Waals surface area contributed by atoms with Crippen molar-refractivity contribution in [2.24, 2.45) is 5.92 Å². The van der Waals surface area contributed by atoms with Gasteiger partial charge in [0.05, 0.1) is 12.7 Å². The molecule has 1 unspecified atom stereocenters. The third-order valence-corrected chi connectivity index (χ3v) is 5.96. The van der Waals surface area contributed by atoms with Crippen molar-refractivity contribution in [1.29, 1.82) is 0 Å². The Kier molecular flexibility index (Phi) is 4.26. The van der Waals surface area contributed by atoms with E-state index in [-0.39, 0.29) is 0 Å². The largest absolute Gasteiger partial charge is 0.372 e. The quantitative estimate of drug-likeness (QED) is 0.479. The van der Waals surface area contributed by atoms with E-state index in [1.807, 2.05) is 6.26 Å². The molecular weight excluding hydrogens is 308 g/mol. The molecule has 6 heteroatoms. The Balaban J connectivity index is 2.15. The number of hydrogen-bond acceptors (Lipinski definition) is 6. The molecule has 2 aromatic rings. The van der Waals surface area contributed by atoms with E-state index >= 15 is 0 Å². The molecule has 0 aromatic carbocycles. The molecule has 3 nitrogen and oxygen atoms in total. The zero-order valence-electron chi connectivity index (χ0n) is 12.1. The van der Waals surface area contributed by atoms with E-state index in [4.69, 9.17) is 4.74 Å². The lowest BCUT2D eigenvalue weighted by Gasteiger charge is -2.26. The van der Waals surface area contributed by atoms with Crippen molar-refractivity contribution in [2.75, 3.05) is 12.5 Å². The predicted octanol–water partition coefficient (Wildman–Crippen LogP) is 4.23. The molecule has 0 fully saturated rings. The summed E-state index contributed by atoms with van der Waals surface area (Å²) in [5.41, 5.74) is 1.42. The van der Waals surface area contributed by atoms with E-state index in [1.54, 1.807) is 34.9 Å². The first-order valence-corrected chi connectivity index (χ1v) is 9.92. The Morgan fingerprint density at radius 3 is 2.70 bits per heavy atom.